The predicted octanol–water partition coefficient (Wildman–Crippen LogP) is 6.96. The molecular formula is C30H25FN6O. The molecule has 0 radical (unpaired) electrons. The van der Waals surface area contributed by atoms with Gasteiger partial charge in [0.25, 0.3) is 0 Å². The first-order chi connectivity index (χ1) is 18.4. The summed E-state index contributed by atoms with van der Waals surface area (Å²) in [5, 5.41) is 12.5. The highest BCUT2D eigenvalue weighted by Crippen LogP contribution is 2.35. The van der Waals surface area contributed by atoms with Crippen LogP contribution in [0.2, 0.25) is 0 Å². The number of hydrogen-bond donors (Lipinski definition) is 3. The molecule has 1 amide bonds. The summed E-state index contributed by atoms with van der Waals surface area (Å²) < 4.78 is 13.5. The largest absolute Gasteiger partial charge is 0.338 e. The highest BCUT2D eigenvalue weighted by Gasteiger charge is 2.15. The fraction of sp³-hybridized carbons (Fsp3) is 0.133. The molecule has 0 saturated carbocycles. The Labute approximate surface area is 218 Å². The van der Waals surface area contributed by atoms with Crippen molar-refractivity contribution in [1.29, 1.82) is 0 Å². The fourth-order valence-corrected chi connectivity index (χ4v) is 4.68. The van der Waals surface area contributed by atoms with Crippen LogP contribution in [0, 0.1) is 11.7 Å². The molecule has 0 unspecified atom stereocenters. The maximum absolute atomic E-state index is 13.5. The molecule has 188 valence electrons. The Bertz CT molecular complexity index is 1780. The number of anilines is 1. The fourth-order valence-electron chi connectivity index (χ4n) is 4.68. The van der Waals surface area contributed by atoms with Gasteiger partial charge >= 0.3 is 0 Å². The highest BCUT2D eigenvalue weighted by molar-refractivity contribution is 6.01. The molecule has 0 spiro atoms. The van der Waals surface area contributed by atoms with Gasteiger partial charge in [0.15, 0.2) is 0 Å². The maximum Gasteiger partial charge on any atom is 0.224 e. The van der Waals surface area contributed by atoms with Gasteiger partial charge in [0.05, 0.1) is 23.1 Å². The van der Waals surface area contributed by atoms with Gasteiger partial charge in [-0.25, -0.2) is 9.37 Å². The average molecular weight is 505 g/mol. The van der Waals surface area contributed by atoms with Crippen molar-refractivity contribution in [3.63, 3.8) is 0 Å². The lowest BCUT2D eigenvalue weighted by molar-refractivity contribution is -0.116. The van der Waals surface area contributed by atoms with Crippen LogP contribution < -0.4 is 5.32 Å². The lowest BCUT2D eigenvalue weighted by atomic mass is 10.0. The molecule has 0 aliphatic heterocycles. The van der Waals surface area contributed by atoms with Gasteiger partial charge in [-0.2, -0.15) is 5.10 Å². The normalized spacial score (nSPS) is 11.5. The van der Waals surface area contributed by atoms with E-state index in [1.807, 2.05) is 44.2 Å². The highest BCUT2D eigenvalue weighted by atomic mass is 19.1. The molecule has 0 atom stereocenters. The Kier molecular flexibility index (Phi) is 5.92. The Hall–Kier alpha value is -4.85. The quantitative estimate of drug-likeness (QED) is 0.228. The second kappa shape index (κ2) is 9.55. The first-order valence-corrected chi connectivity index (χ1v) is 12.4. The Balaban J connectivity index is 1.38. The number of rotatable bonds is 6. The summed E-state index contributed by atoms with van der Waals surface area (Å²) >= 11 is 0. The van der Waals surface area contributed by atoms with E-state index in [1.165, 1.54) is 12.1 Å². The third-order valence-corrected chi connectivity index (χ3v) is 6.45. The number of nitrogens with zero attached hydrogens (tertiary/aromatic N) is 3. The minimum Gasteiger partial charge on any atom is -0.338 e. The van der Waals surface area contributed by atoms with Crippen molar-refractivity contribution in [2.24, 2.45) is 5.92 Å². The van der Waals surface area contributed by atoms with Crippen molar-refractivity contribution in [3.05, 3.63) is 85.1 Å². The summed E-state index contributed by atoms with van der Waals surface area (Å²) in [7, 11) is 0. The van der Waals surface area contributed by atoms with Crippen LogP contribution in [0.4, 0.5) is 10.1 Å². The van der Waals surface area contributed by atoms with Gasteiger partial charge in [-0.05, 0) is 65.1 Å². The molecule has 6 aromatic rings. The van der Waals surface area contributed by atoms with E-state index >= 15 is 0 Å². The van der Waals surface area contributed by atoms with Crippen LogP contribution in [-0.2, 0) is 4.79 Å². The average Bonchev–Trinajstić information content (AvgIpc) is 3.52. The van der Waals surface area contributed by atoms with Crippen LogP contribution in [0.5, 0.6) is 0 Å². The van der Waals surface area contributed by atoms with E-state index in [9.17, 15) is 9.18 Å². The zero-order valence-corrected chi connectivity index (χ0v) is 20.9. The molecule has 0 bridgehead atoms. The number of carbonyl (C=O) groups is 1. The van der Waals surface area contributed by atoms with Gasteiger partial charge in [-0.15, -0.1) is 0 Å². The molecular weight excluding hydrogens is 479 g/mol. The van der Waals surface area contributed by atoms with Crippen molar-refractivity contribution in [2.45, 2.75) is 20.3 Å². The summed E-state index contributed by atoms with van der Waals surface area (Å²) in [6.45, 7) is 4.03. The standard InChI is InChI=1S/C30H25FN6O/c1-17(2)11-28(38)34-22-12-20(15-32-16-22)19-5-8-26-25(13-19)29(37-36-26)27-14-24-23(9-10-33-30(24)35-27)18-3-6-21(31)7-4-18/h3-10,12-17H,11H2,1-2H3,(H,33,35)(H,34,38)(H,36,37). The van der Waals surface area contributed by atoms with Crippen LogP contribution >= 0.6 is 0 Å². The first kappa shape index (κ1) is 23.5. The van der Waals surface area contributed by atoms with Gasteiger partial charge in [-0.1, -0.05) is 32.0 Å². The molecule has 0 aliphatic carbocycles. The van der Waals surface area contributed by atoms with Crippen molar-refractivity contribution >= 4 is 33.5 Å². The van der Waals surface area contributed by atoms with Gasteiger partial charge in [-0.3, -0.25) is 14.9 Å². The maximum atomic E-state index is 13.5. The molecule has 2 aromatic carbocycles. The second-order valence-corrected chi connectivity index (χ2v) is 9.75. The van der Waals surface area contributed by atoms with Gasteiger partial charge in [0.1, 0.15) is 17.2 Å². The number of hydrogen-bond acceptors (Lipinski definition) is 4. The number of carbonyl (C=O) groups excluding carboxylic acids is 1. The van der Waals surface area contributed by atoms with E-state index in [0.29, 0.717) is 12.1 Å². The van der Waals surface area contributed by atoms with E-state index < -0.39 is 0 Å². The molecule has 7 nitrogen and oxygen atoms in total. The van der Waals surface area contributed by atoms with Crippen LogP contribution in [0.1, 0.15) is 20.3 Å². The van der Waals surface area contributed by atoms with Gasteiger partial charge in [0, 0.05) is 35.2 Å². The topological polar surface area (TPSA) is 99.3 Å². The number of H-pyrrole nitrogens is 2. The molecule has 6 rings (SSSR count). The Morgan fingerprint density at radius 2 is 1.76 bits per heavy atom. The number of pyridine rings is 2. The zero-order chi connectivity index (χ0) is 26.2. The molecule has 0 aliphatic rings. The third-order valence-electron chi connectivity index (χ3n) is 6.45. The van der Waals surface area contributed by atoms with Crippen molar-refractivity contribution in [2.75, 3.05) is 5.32 Å². The summed E-state index contributed by atoms with van der Waals surface area (Å²) in [5.41, 5.74) is 7.57. The molecule has 4 aromatic heterocycles. The molecule has 3 N–H and O–H groups in total. The lowest BCUT2D eigenvalue weighted by Crippen LogP contribution is -2.13. The van der Waals surface area contributed by atoms with Crippen molar-refractivity contribution < 1.29 is 9.18 Å². The molecule has 0 fully saturated rings. The number of benzene rings is 2. The minimum atomic E-state index is -0.272. The third kappa shape index (κ3) is 4.52. The summed E-state index contributed by atoms with van der Waals surface area (Å²) in [6, 6.07) is 18.4. The number of halogens is 1. The van der Waals surface area contributed by atoms with Crippen molar-refractivity contribution in [3.8, 4) is 33.6 Å². The molecule has 38 heavy (non-hydrogen) atoms. The van der Waals surface area contributed by atoms with Gasteiger partial charge < -0.3 is 10.3 Å². The first-order valence-electron chi connectivity index (χ1n) is 12.4. The summed E-state index contributed by atoms with van der Waals surface area (Å²) in [4.78, 5) is 24.5. The van der Waals surface area contributed by atoms with E-state index in [4.69, 9.17) is 0 Å². The van der Waals surface area contributed by atoms with E-state index in [-0.39, 0.29) is 17.6 Å². The minimum absolute atomic E-state index is 0.0287. The number of aromatic nitrogens is 5. The number of fused-ring (bicyclic) bond motifs is 2. The van der Waals surface area contributed by atoms with Gasteiger partial charge in [0.2, 0.25) is 5.91 Å². The van der Waals surface area contributed by atoms with Crippen LogP contribution in [0.25, 0.3) is 55.6 Å². The Morgan fingerprint density at radius 1 is 0.947 bits per heavy atom. The van der Waals surface area contributed by atoms with Crippen molar-refractivity contribution in [1.82, 2.24) is 25.1 Å². The Morgan fingerprint density at radius 3 is 2.58 bits per heavy atom. The monoisotopic (exact) mass is 504 g/mol. The van der Waals surface area contributed by atoms with E-state index in [1.54, 1.807) is 30.7 Å². The van der Waals surface area contributed by atoms with Crippen LogP contribution in [0.3, 0.4) is 0 Å². The van der Waals surface area contributed by atoms with E-state index in [2.05, 4.69) is 36.5 Å². The smallest absolute Gasteiger partial charge is 0.224 e. The number of aromatic amines is 2. The van der Waals surface area contributed by atoms with Crippen LogP contribution in [0.15, 0.2) is 79.3 Å². The predicted molar refractivity (Wildman–Crippen MR) is 148 cm³/mol. The second-order valence-electron chi connectivity index (χ2n) is 9.75. The molecule has 8 heteroatoms. The SMILES string of the molecule is CC(C)CC(=O)Nc1cncc(-c2ccc3[nH]nc(-c4cc5c(-c6ccc(F)cc6)ccnc5[nH]4)c3c2)c1. The molecule has 0 saturated heterocycles. The lowest BCUT2D eigenvalue weighted by Gasteiger charge is -2.09. The number of amides is 1. The van der Waals surface area contributed by atoms with E-state index in [0.717, 1.165) is 55.6 Å². The molecule has 4 heterocycles. The summed E-state index contributed by atoms with van der Waals surface area (Å²) in [5.74, 6) is -0.0232. The zero-order valence-electron chi connectivity index (χ0n) is 20.9. The number of nitrogens with one attached hydrogen (secondary N) is 3. The van der Waals surface area contributed by atoms with Crippen LogP contribution in [-0.4, -0.2) is 31.1 Å². The summed E-state index contributed by atoms with van der Waals surface area (Å²) in [6.07, 6.45) is 5.62.